The van der Waals surface area contributed by atoms with Gasteiger partial charge in [0.1, 0.15) is 5.82 Å². The lowest BCUT2D eigenvalue weighted by Gasteiger charge is -2.19. The maximum Gasteiger partial charge on any atom is 0.258 e. The first-order valence-corrected chi connectivity index (χ1v) is 9.45. The fourth-order valence-electron chi connectivity index (χ4n) is 3.38. The highest BCUT2D eigenvalue weighted by atomic mass is 16.5. The van der Waals surface area contributed by atoms with Gasteiger partial charge in [-0.3, -0.25) is 9.69 Å². The molecule has 160 valence electrons. The first kappa shape index (κ1) is 21.4. The second kappa shape index (κ2) is 9.04. The highest BCUT2D eigenvalue weighted by molar-refractivity contribution is 5.81. The lowest BCUT2D eigenvalue weighted by Crippen LogP contribution is -2.22. The molecular weight excluding hydrogens is 386 g/mol. The molecule has 0 atom stereocenters. The molecule has 2 aromatic carbocycles. The summed E-state index contributed by atoms with van der Waals surface area (Å²) in [5.74, 6) is 2.98. The molecule has 0 amide bonds. The molecule has 3 rings (SSSR count). The van der Waals surface area contributed by atoms with Crippen molar-refractivity contribution in [2.75, 3.05) is 35.5 Å². The van der Waals surface area contributed by atoms with Crippen LogP contribution in [0.1, 0.15) is 17.0 Å². The van der Waals surface area contributed by atoms with Gasteiger partial charge in [-0.1, -0.05) is 0 Å². The van der Waals surface area contributed by atoms with Crippen molar-refractivity contribution in [1.82, 2.24) is 14.9 Å². The number of nitrogens with zero attached hydrogens (tertiary/aromatic N) is 2. The third-order valence-electron chi connectivity index (χ3n) is 4.96. The predicted molar refractivity (Wildman–Crippen MR) is 115 cm³/mol. The number of aromatic amines is 1. The topological polar surface area (TPSA) is 85.9 Å². The zero-order chi connectivity index (χ0) is 21.8. The van der Waals surface area contributed by atoms with Gasteiger partial charge in [-0.05, 0) is 43.3 Å². The second-order valence-electron chi connectivity index (χ2n) is 7.04. The average molecular weight is 413 g/mol. The number of fused-ring (bicyclic) bond motifs is 1. The summed E-state index contributed by atoms with van der Waals surface area (Å²) in [5.41, 5.74) is 2.54. The van der Waals surface area contributed by atoms with Gasteiger partial charge < -0.3 is 23.9 Å². The van der Waals surface area contributed by atoms with E-state index in [9.17, 15) is 4.79 Å². The maximum atomic E-state index is 12.6. The SMILES string of the molecule is COc1cc(C)c(CN(C)Cc2nc3cc(OC)c(OC)cc3c(=O)[nH]2)cc1OC. The molecule has 1 N–H and O–H groups in total. The Morgan fingerprint density at radius 1 is 0.867 bits per heavy atom. The molecule has 0 saturated carbocycles. The minimum absolute atomic E-state index is 0.216. The van der Waals surface area contributed by atoms with E-state index in [4.69, 9.17) is 18.9 Å². The Balaban J connectivity index is 1.86. The summed E-state index contributed by atoms with van der Waals surface area (Å²) in [4.78, 5) is 22.1. The van der Waals surface area contributed by atoms with Crippen LogP contribution in [0.4, 0.5) is 0 Å². The van der Waals surface area contributed by atoms with Gasteiger partial charge in [0, 0.05) is 12.6 Å². The van der Waals surface area contributed by atoms with Crippen molar-refractivity contribution in [3.05, 3.63) is 51.6 Å². The van der Waals surface area contributed by atoms with Crippen LogP contribution in [0.3, 0.4) is 0 Å². The molecule has 0 fully saturated rings. The summed E-state index contributed by atoms with van der Waals surface area (Å²) >= 11 is 0. The minimum atomic E-state index is -0.216. The molecule has 8 nitrogen and oxygen atoms in total. The molecule has 30 heavy (non-hydrogen) atoms. The average Bonchev–Trinajstić information content (AvgIpc) is 2.73. The molecule has 8 heteroatoms. The van der Waals surface area contributed by atoms with Crippen molar-refractivity contribution < 1.29 is 18.9 Å². The number of aryl methyl sites for hydroxylation is 1. The summed E-state index contributed by atoms with van der Waals surface area (Å²) < 4.78 is 21.4. The standard InChI is InChI=1S/C22H27N3O5/c1-13-7-17(27-3)18(28-4)8-14(13)11-25(2)12-21-23-16-10-20(30-6)19(29-5)9-15(16)22(26)24-21/h7-10H,11-12H2,1-6H3,(H,23,24,26). The van der Waals surface area contributed by atoms with E-state index in [0.29, 0.717) is 52.8 Å². The van der Waals surface area contributed by atoms with Gasteiger partial charge in [0.2, 0.25) is 0 Å². The van der Waals surface area contributed by atoms with E-state index in [1.54, 1.807) is 33.5 Å². The highest BCUT2D eigenvalue weighted by Gasteiger charge is 2.14. The van der Waals surface area contributed by atoms with Gasteiger partial charge in [0.05, 0.1) is 45.9 Å². The molecule has 0 saturated heterocycles. The molecule has 1 heterocycles. The van der Waals surface area contributed by atoms with Crippen LogP contribution in [0.15, 0.2) is 29.1 Å². The summed E-state index contributed by atoms with van der Waals surface area (Å²) in [6.07, 6.45) is 0. The van der Waals surface area contributed by atoms with Crippen LogP contribution >= 0.6 is 0 Å². The Kier molecular flexibility index (Phi) is 6.47. The fourth-order valence-corrected chi connectivity index (χ4v) is 3.38. The highest BCUT2D eigenvalue weighted by Crippen LogP contribution is 2.31. The molecule has 0 aliphatic rings. The molecule has 0 aliphatic carbocycles. The van der Waals surface area contributed by atoms with E-state index < -0.39 is 0 Å². The number of methoxy groups -OCH3 is 4. The van der Waals surface area contributed by atoms with Gasteiger partial charge in [0.25, 0.3) is 5.56 Å². The lowest BCUT2D eigenvalue weighted by atomic mass is 10.1. The molecule has 0 spiro atoms. The molecule has 0 aliphatic heterocycles. The number of H-pyrrole nitrogens is 1. The van der Waals surface area contributed by atoms with E-state index in [-0.39, 0.29) is 5.56 Å². The first-order valence-electron chi connectivity index (χ1n) is 9.45. The number of hydrogen-bond donors (Lipinski definition) is 1. The first-order chi connectivity index (χ1) is 14.4. The van der Waals surface area contributed by atoms with E-state index in [2.05, 4.69) is 14.9 Å². The van der Waals surface area contributed by atoms with Gasteiger partial charge >= 0.3 is 0 Å². The van der Waals surface area contributed by atoms with Crippen LogP contribution < -0.4 is 24.5 Å². The summed E-state index contributed by atoms with van der Waals surface area (Å²) in [5, 5.41) is 0.454. The van der Waals surface area contributed by atoms with Crippen molar-refractivity contribution in [3.8, 4) is 23.0 Å². The van der Waals surface area contributed by atoms with Crippen molar-refractivity contribution in [2.24, 2.45) is 0 Å². The number of ether oxygens (including phenoxy) is 4. The van der Waals surface area contributed by atoms with Crippen molar-refractivity contribution in [2.45, 2.75) is 20.0 Å². The number of benzene rings is 2. The Morgan fingerprint density at radius 2 is 1.43 bits per heavy atom. The Morgan fingerprint density at radius 3 is 2.07 bits per heavy atom. The van der Waals surface area contributed by atoms with Crippen LogP contribution in [0.5, 0.6) is 23.0 Å². The summed E-state index contributed by atoms with van der Waals surface area (Å²) in [6.45, 7) is 3.15. The van der Waals surface area contributed by atoms with Gasteiger partial charge in [-0.25, -0.2) is 4.98 Å². The van der Waals surface area contributed by atoms with Gasteiger partial charge in [-0.2, -0.15) is 0 Å². The molecule has 0 unspecified atom stereocenters. The van der Waals surface area contributed by atoms with Crippen molar-refractivity contribution in [1.29, 1.82) is 0 Å². The number of nitrogens with one attached hydrogen (secondary N) is 1. The molecule has 0 bridgehead atoms. The van der Waals surface area contributed by atoms with Crippen LogP contribution in [-0.4, -0.2) is 50.4 Å². The van der Waals surface area contributed by atoms with E-state index in [1.807, 2.05) is 26.1 Å². The minimum Gasteiger partial charge on any atom is -0.493 e. The predicted octanol–water partition coefficient (Wildman–Crippen LogP) is 2.90. The van der Waals surface area contributed by atoms with Gasteiger partial charge in [0.15, 0.2) is 23.0 Å². The van der Waals surface area contributed by atoms with Crippen molar-refractivity contribution in [3.63, 3.8) is 0 Å². The third kappa shape index (κ3) is 4.33. The number of aromatic nitrogens is 2. The van der Waals surface area contributed by atoms with Crippen LogP contribution in [0.25, 0.3) is 10.9 Å². The Hall–Kier alpha value is -3.26. The monoisotopic (exact) mass is 413 g/mol. The van der Waals surface area contributed by atoms with Crippen molar-refractivity contribution >= 4 is 10.9 Å². The lowest BCUT2D eigenvalue weighted by molar-refractivity contribution is 0.308. The molecule has 0 radical (unpaired) electrons. The van der Waals surface area contributed by atoms with E-state index in [1.165, 1.54) is 7.11 Å². The zero-order valence-electron chi connectivity index (χ0n) is 18.2. The van der Waals surface area contributed by atoms with Crippen LogP contribution in [0.2, 0.25) is 0 Å². The van der Waals surface area contributed by atoms with E-state index >= 15 is 0 Å². The second-order valence-corrected chi connectivity index (χ2v) is 7.04. The van der Waals surface area contributed by atoms with Gasteiger partial charge in [-0.15, -0.1) is 0 Å². The number of rotatable bonds is 8. The Labute approximate surface area is 175 Å². The largest absolute Gasteiger partial charge is 0.493 e. The molecular formula is C22H27N3O5. The summed E-state index contributed by atoms with van der Waals surface area (Å²) in [7, 11) is 8.29. The fraction of sp³-hybridized carbons (Fsp3) is 0.364. The normalized spacial score (nSPS) is 11.0. The van der Waals surface area contributed by atoms with Crippen LogP contribution in [0, 0.1) is 6.92 Å². The number of hydrogen-bond acceptors (Lipinski definition) is 7. The molecule has 3 aromatic rings. The Bertz CT molecular complexity index is 1110. The molecule has 1 aromatic heterocycles. The van der Waals surface area contributed by atoms with Crippen LogP contribution in [-0.2, 0) is 13.1 Å². The smallest absolute Gasteiger partial charge is 0.258 e. The third-order valence-corrected chi connectivity index (χ3v) is 4.96. The summed E-state index contributed by atoms with van der Waals surface area (Å²) in [6, 6.07) is 7.28. The quantitative estimate of drug-likeness (QED) is 0.608. The zero-order valence-corrected chi connectivity index (χ0v) is 18.2. The maximum absolute atomic E-state index is 12.6. The van der Waals surface area contributed by atoms with E-state index in [0.717, 1.165) is 11.1 Å².